The Morgan fingerprint density at radius 1 is 1.38 bits per heavy atom. The van der Waals surface area contributed by atoms with Crippen molar-refractivity contribution in [1.29, 1.82) is 0 Å². The number of fused-ring (bicyclic) bond motifs is 1. The van der Waals surface area contributed by atoms with Gasteiger partial charge >= 0.3 is 0 Å². The highest BCUT2D eigenvalue weighted by Crippen LogP contribution is 2.29. The standard InChI is InChI=1S/C10H7BrN2OS2/c11-7-1-2-9-6(3-7)4-8(15-9)5-10-12-14-16-13-10/h1-4H,5H2,(H,12,13). The molecule has 3 nitrogen and oxygen atoms in total. The molecule has 1 N–H and O–H groups in total. The summed E-state index contributed by atoms with van der Waals surface area (Å²) < 4.78 is 10.2. The summed E-state index contributed by atoms with van der Waals surface area (Å²) in [5, 5.41) is 5.15. The fraction of sp³-hybridized carbons (Fsp3) is 0.100. The first-order chi connectivity index (χ1) is 7.81. The Morgan fingerprint density at radius 2 is 2.31 bits per heavy atom. The average Bonchev–Trinajstić information content (AvgIpc) is 2.86. The van der Waals surface area contributed by atoms with Crippen LogP contribution in [0.2, 0.25) is 0 Å². The zero-order chi connectivity index (χ0) is 11.0. The lowest BCUT2D eigenvalue weighted by Gasteiger charge is -1.92. The zero-order valence-electron chi connectivity index (χ0n) is 8.07. The molecule has 0 saturated heterocycles. The summed E-state index contributed by atoms with van der Waals surface area (Å²) in [6.45, 7) is 0. The fourth-order valence-electron chi connectivity index (χ4n) is 1.54. The van der Waals surface area contributed by atoms with E-state index in [1.807, 2.05) is 0 Å². The van der Waals surface area contributed by atoms with Gasteiger partial charge in [0.2, 0.25) is 12.2 Å². The smallest absolute Gasteiger partial charge is 0.208 e. The van der Waals surface area contributed by atoms with Crippen LogP contribution in [-0.2, 0) is 10.7 Å². The monoisotopic (exact) mass is 314 g/mol. The molecule has 2 aromatic rings. The van der Waals surface area contributed by atoms with Gasteiger partial charge in [-0.2, -0.15) is 0 Å². The van der Waals surface area contributed by atoms with E-state index in [4.69, 9.17) is 4.28 Å². The molecule has 1 aliphatic rings. The molecule has 0 spiro atoms. The lowest BCUT2D eigenvalue weighted by molar-refractivity contribution is 0.415. The highest BCUT2D eigenvalue weighted by molar-refractivity contribution is 9.10. The van der Waals surface area contributed by atoms with Crippen LogP contribution in [0.25, 0.3) is 10.1 Å². The molecular weight excluding hydrogens is 308 g/mol. The van der Waals surface area contributed by atoms with Gasteiger partial charge in [0.25, 0.3) is 0 Å². The molecule has 1 aromatic carbocycles. The van der Waals surface area contributed by atoms with Gasteiger partial charge in [0.1, 0.15) is 0 Å². The molecule has 2 heterocycles. The van der Waals surface area contributed by atoms with Crippen LogP contribution in [-0.4, -0.2) is 5.84 Å². The van der Waals surface area contributed by atoms with E-state index in [0.29, 0.717) is 0 Å². The fourth-order valence-corrected chi connectivity index (χ4v) is 3.34. The molecule has 0 amide bonds. The second-order valence-electron chi connectivity index (χ2n) is 3.37. The summed E-state index contributed by atoms with van der Waals surface area (Å²) in [6.07, 6.45) is 0.796. The van der Waals surface area contributed by atoms with Crippen molar-refractivity contribution in [3.63, 3.8) is 0 Å². The quantitative estimate of drug-likeness (QED) is 0.678. The number of oxime groups is 1. The lowest BCUT2D eigenvalue weighted by atomic mass is 10.2. The Morgan fingerprint density at radius 3 is 3.12 bits per heavy atom. The highest BCUT2D eigenvalue weighted by Gasteiger charge is 2.11. The molecule has 1 aromatic heterocycles. The Hall–Kier alpha value is -0.720. The van der Waals surface area contributed by atoms with Crippen LogP contribution in [0.4, 0.5) is 0 Å². The summed E-state index contributed by atoms with van der Waals surface area (Å²) >= 11 is 6.42. The van der Waals surface area contributed by atoms with Gasteiger partial charge < -0.3 is 0 Å². The van der Waals surface area contributed by atoms with Crippen molar-refractivity contribution in [2.75, 3.05) is 0 Å². The third kappa shape index (κ3) is 2.05. The van der Waals surface area contributed by atoms with Gasteiger partial charge in [-0.1, -0.05) is 21.1 Å². The minimum absolute atomic E-state index is 0.796. The van der Waals surface area contributed by atoms with E-state index in [2.05, 4.69) is 50.1 Å². The number of nitrogens with one attached hydrogen (secondary N) is 1. The Balaban J connectivity index is 1.92. The van der Waals surface area contributed by atoms with Crippen molar-refractivity contribution < 1.29 is 4.28 Å². The molecule has 16 heavy (non-hydrogen) atoms. The maximum Gasteiger partial charge on any atom is 0.208 e. The lowest BCUT2D eigenvalue weighted by Crippen LogP contribution is -2.12. The summed E-state index contributed by atoms with van der Waals surface area (Å²) in [6, 6.07) is 8.51. The van der Waals surface area contributed by atoms with E-state index in [1.165, 1.54) is 15.0 Å². The number of nitrogens with zero attached hydrogens (tertiary/aromatic N) is 1. The maximum absolute atomic E-state index is 4.81. The molecule has 0 unspecified atom stereocenters. The van der Waals surface area contributed by atoms with Gasteiger partial charge in [-0.05, 0) is 29.7 Å². The molecule has 0 aliphatic carbocycles. The largest absolute Gasteiger partial charge is 0.297 e. The number of hydrogen-bond acceptors (Lipinski definition) is 5. The van der Waals surface area contributed by atoms with Crippen LogP contribution in [0, 0.1) is 0 Å². The summed E-state index contributed by atoms with van der Waals surface area (Å²) in [5.41, 5.74) is 0. The van der Waals surface area contributed by atoms with Gasteiger partial charge in [0, 0.05) is 20.5 Å². The Labute approximate surface area is 109 Å². The predicted octanol–water partition coefficient (Wildman–Crippen LogP) is 3.70. The molecule has 0 saturated carbocycles. The van der Waals surface area contributed by atoms with Gasteiger partial charge in [0.05, 0.1) is 0 Å². The summed E-state index contributed by atoms with van der Waals surface area (Å²) in [4.78, 5) is 1.28. The molecule has 0 bridgehead atoms. The summed E-state index contributed by atoms with van der Waals surface area (Å²) in [7, 11) is 0. The van der Waals surface area contributed by atoms with Gasteiger partial charge in [0.15, 0.2) is 5.84 Å². The Kier molecular flexibility index (Phi) is 2.79. The predicted molar refractivity (Wildman–Crippen MR) is 72.5 cm³/mol. The van der Waals surface area contributed by atoms with Crippen molar-refractivity contribution in [2.45, 2.75) is 6.42 Å². The van der Waals surface area contributed by atoms with E-state index >= 15 is 0 Å². The van der Waals surface area contributed by atoms with Crippen LogP contribution in [0.5, 0.6) is 0 Å². The number of rotatable bonds is 2. The van der Waals surface area contributed by atoms with Crippen LogP contribution in [0.1, 0.15) is 4.88 Å². The van der Waals surface area contributed by atoms with Gasteiger partial charge in [-0.15, -0.1) is 11.3 Å². The van der Waals surface area contributed by atoms with Crippen molar-refractivity contribution in [3.8, 4) is 0 Å². The second-order valence-corrected chi connectivity index (χ2v) is 5.97. The topological polar surface area (TPSA) is 33.6 Å². The van der Waals surface area contributed by atoms with Gasteiger partial charge in [-0.25, -0.2) is 0 Å². The summed E-state index contributed by atoms with van der Waals surface area (Å²) in [5.74, 6) is 0.871. The number of benzene rings is 1. The van der Waals surface area contributed by atoms with Crippen molar-refractivity contribution in [2.24, 2.45) is 5.16 Å². The van der Waals surface area contributed by atoms with Crippen LogP contribution >= 0.6 is 39.5 Å². The van der Waals surface area contributed by atoms with Crippen molar-refractivity contribution >= 4 is 55.4 Å². The molecule has 6 heteroatoms. The van der Waals surface area contributed by atoms with Crippen LogP contribution < -0.4 is 4.72 Å². The minimum atomic E-state index is 0.796. The van der Waals surface area contributed by atoms with Gasteiger partial charge in [-0.3, -0.25) is 9.01 Å². The molecule has 0 atom stereocenters. The molecule has 82 valence electrons. The zero-order valence-corrected chi connectivity index (χ0v) is 11.3. The first-order valence-corrected chi connectivity index (χ1v) is 7.00. The number of amidine groups is 1. The number of halogens is 1. The average molecular weight is 315 g/mol. The first kappa shape index (κ1) is 10.4. The van der Waals surface area contributed by atoms with Crippen molar-refractivity contribution in [1.82, 2.24) is 4.72 Å². The van der Waals surface area contributed by atoms with E-state index < -0.39 is 0 Å². The normalized spacial score (nSPS) is 14.7. The number of hydrogen-bond donors (Lipinski definition) is 1. The maximum atomic E-state index is 4.81. The highest BCUT2D eigenvalue weighted by atomic mass is 79.9. The number of thiophene rings is 1. The third-order valence-corrected chi connectivity index (χ3v) is 4.29. The Bertz CT molecular complexity index is 567. The van der Waals surface area contributed by atoms with E-state index in [9.17, 15) is 0 Å². The van der Waals surface area contributed by atoms with Crippen LogP contribution in [0.15, 0.2) is 33.9 Å². The van der Waals surface area contributed by atoms with Crippen LogP contribution in [0.3, 0.4) is 0 Å². The van der Waals surface area contributed by atoms with E-state index in [0.717, 1.165) is 29.0 Å². The molecule has 0 fully saturated rings. The first-order valence-electron chi connectivity index (χ1n) is 4.65. The molecule has 3 rings (SSSR count). The second kappa shape index (κ2) is 4.27. The molecular formula is C10H7BrN2OS2. The minimum Gasteiger partial charge on any atom is -0.297 e. The van der Waals surface area contributed by atoms with E-state index in [-0.39, 0.29) is 0 Å². The van der Waals surface area contributed by atoms with Crippen molar-refractivity contribution in [3.05, 3.63) is 33.6 Å². The molecule has 0 radical (unpaired) electrons. The molecule has 1 aliphatic heterocycles. The third-order valence-electron chi connectivity index (χ3n) is 2.22. The van der Waals surface area contributed by atoms with E-state index in [1.54, 1.807) is 11.3 Å². The SMILES string of the molecule is Brc1ccc2sc(CC3=NOSN3)cc2c1.